The first-order valence-corrected chi connectivity index (χ1v) is 9.05. The monoisotopic (exact) mass is 367 g/mol. The average Bonchev–Trinajstić information content (AvgIpc) is 2.62. The van der Waals surface area contributed by atoms with Gasteiger partial charge in [0, 0.05) is 39.3 Å². The molecule has 1 fully saturated rings. The van der Waals surface area contributed by atoms with E-state index in [9.17, 15) is 9.18 Å². The van der Waals surface area contributed by atoms with E-state index in [-0.39, 0.29) is 17.8 Å². The summed E-state index contributed by atoms with van der Waals surface area (Å²) < 4.78 is 24.1. The van der Waals surface area contributed by atoms with Gasteiger partial charge in [0.05, 0.1) is 20.3 Å². The number of methoxy groups -OCH3 is 1. The largest absolute Gasteiger partial charge is 0.494 e. The van der Waals surface area contributed by atoms with Gasteiger partial charge in [-0.25, -0.2) is 9.18 Å². The quantitative estimate of drug-likeness (QED) is 0.804. The molecule has 1 heterocycles. The molecule has 1 unspecified atom stereocenters. The number of nitrogens with one attached hydrogen (secondary N) is 1. The Kier molecular flexibility index (Phi) is 7.66. The van der Waals surface area contributed by atoms with Gasteiger partial charge in [0.1, 0.15) is 0 Å². The average molecular weight is 367 g/mol. The molecule has 26 heavy (non-hydrogen) atoms. The van der Waals surface area contributed by atoms with Gasteiger partial charge in [-0.3, -0.25) is 4.90 Å². The third kappa shape index (κ3) is 5.57. The number of amides is 2. The lowest BCUT2D eigenvalue weighted by Crippen LogP contribution is -2.52. The number of hydrogen-bond acceptors (Lipinski definition) is 4. The van der Waals surface area contributed by atoms with Crippen molar-refractivity contribution in [3.05, 3.63) is 29.6 Å². The molecule has 0 bridgehead atoms. The zero-order chi connectivity index (χ0) is 19.1. The highest BCUT2D eigenvalue weighted by Gasteiger charge is 2.24. The summed E-state index contributed by atoms with van der Waals surface area (Å²) >= 11 is 0. The molecule has 0 spiro atoms. The molecule has 7 heteroatoms. The lowest BCUT2D eigenvalue weighted by Gasteiger charge is -2.37. The maximum atomic E-state index is 13.8. The number of nitrogens with zero attached hydrogens (tertiary/aromatic N) is 2. The maximum absolute atomic E-state index is 13.8. The number of halogens is 1. The summed E-state index contributed by atoms with van der Waals surface area (Å²) in [5.74, 6) is 0.200. The van der Waals surface area contributed by atoms with Crippen LogP contribution in [0.3, 0.4) is 0 Å². The van der Waals surface area contributed by atoms with Gasteiger partial charge in [0.15, 0.2) is 11.6 Å². The summed E-state index contributed by atoms with van der Waals surface area (Å²) in [5.41, 5.74) is 0.717. The highest BCUT2D eigenvalue weighted by molar-refractivity contribution is 5.73. The third-order valence-corrected chi connectivity index (χ3v) is 4.73. The molecule has 1 atom stereocenters. The van der Waals surface area contributed by atoms with Crippen LogP contribution in [-0.4, -0.2) is 68.9 Å². The van der Waals surface area contributed by atoms with Crippen molar-refractivity contribution < 1.29 is 18.7 Å². The van der Waals surface area contributed by atoms with E-state index in [2.05, 4.69) is 24.1 Å². The van der Waals surface area contributed by atoms with Crippen LogP contribution >= 0.6 is 0 Å². The standard InChI is InChI=1S/C19H30FN3O3/c1-14(2)17(23-7-9-26-10-8-23)12-21-19(24)22(3)13-15-5-6-18(25-4)16(20)11-15/h5-6,11,14,17H,7-10,12-13H2,1-4H3,(H,21,24). The van der Waals surface area contributed by atoms with Gasteiger partial charge in [-0.05, 0) is 23.6 Å². The molecule has 6 nitrogen and oxygen atoms in total. The number of rotatable bonds is 7. The minimum absolute atomic E-state index is 0.167. The van der Waals surface area contributed by atoms with Gasteiger partial charge in [-0.15, -0.1) is 0 Å². The van der Waals surface area contributed by atoms with Crippen molar-refractivity contribution in [3.8, 4) is 5.75 Å². The topological polar surface area (TPSA) is 54.0 Å². The molecular weight excluding hydrogens is 337 g/mol. The summed E-state index contributed by atoms with van der Waals surface area (Å²) in [6.45, 7) is 8.49. The van der Waals surface area contributed by atoms with E-state index in [1.807, 2.05) is 0 Å². The van der Waals surface area contributed by atoms with Crippen LogP contribution in [0.15, 0.2) is 18.2 Å². The van der Waals surface area contributed by atoms with Crippen LogP contribution in [0, 0.1) is 11.7 Å². The van der Waals surface area contributed by atoms with Crippen LogP contribution in [0.2, 0.25) is 0 Å². The van der Waals surface area contributed by atoms with Crippen LogP contribution in [0.25, 0.3) is 0 Å². The van der Waals surface area contributed by atoms with Crippen molar-refractivity contribution in [1.29, 1.82) is 0 Å². The number of morpholine rings is 1. The Bertz CT molecular complexity index is 591. The van der Waals surface area contributed by atoms with Gasteiger partial charge in [-0.1, -0.05) is 19.9 Å². The van der Waals surface area contributed by atoms with Gasteiger partial charge < -0.3 is 19.7 Å². The molecule has 1 aromatic carbocycles. The molecule has 0 saturated carbocycles. The molecule has 146 valence electrons. The Morgan fingerprint density at radius 1 is 1.38 bits per heavy atom. The molecular formula is C19H30FN3O3. The number of benzene rings is 1. The highest BCUT2D eigenvalue weighted by atomic mass is 19.1. The lowest BCUT2D eigenvalue weighted by atomic mass is 10.0. The van der Waals surface area contributed by atoms with E-state index in [1.54, 1.807) is 24.1 Å². The number of hydrogen-bond donors (Lipinski definition) is 1. The summed E-state index contributed by atoms with van der Waals surface area (Å²) in [7, 11) is 3.13. The first kappa shape index (κ1) is 20.5. The van der Waals surface area contributed by atoms with Crippen LogP contribution in [0.5, 0.6) is 5.75 Å². The fraction of sp³-hybridized carbons (Fsp3) is 0.632. The van der Waals surface area contributed by atoms with E-state index < -0.39 is 5.82 Å². The number of urea groups is 1. The van der Waals surface area contributed by atoms with Gasteiger partial charge in [0.2, 0.25) is 0 Å². The summed E-state index contributed by atoms with van der Waals surface area (Å²) in [4.78, 5) is 16.3. The van der Waals surface area contributed by atoms with Crippen LogP contribution < -0.4 is 10.1 Å². The Balaban J connectivity index is 1.88. The number of ether oxygens (including phenoxy) is 2. The van der Waals surface area contributed by atoms with Crippen molar-refractivity contribution in [2.75, 3.05) is 47.0 Å². The SMILES string of the molecule is COc1ccc(CN(C)C(=O)NCC(C(C)C)N2CCOCC2)cc1F. The van der Waals surface area contributed by atoms with E-state index >= 15 is 0 Å². The molecule has 0 radical (unpaired) electrons. The van der Waals surface area contributed by atoms with Crippen LogP contribution in [0.1, 0.15) is 19.4 Å². The van der Waals surface area contributed by atoms with Crippen LogP contribution in [-0.2, 0) is 11.3 Å². The Morgan fingerprint density at radius 3 is 2.65 bits per heavy atom. The molecule has 1 aliphatic rings. The number of carbonyl (C=O) groups excluding carboxylic acids is 1. The van der Waals surface area contributed by atoms with E-state index in [0.717, 1.165) is 31.9 Å². The second kappa shape index (κ2) is 9.73. The smallest absolute Gasteiger partial charge is 0.317 e. The maximum Gasteiger partial charge on any atom is 0.317 e. The Hall–Kier alpha value is -1.86. The van der Waals surface area contributed by atoms with Crippen molar-refractivity contribution in [3.63, 3.8) is 0 Å². The van der Waals surface area contributed by atoms with Crippen molar-refractivity contribution >= 4 is 6.03 Å². The summed E-state index contributed by atoms with van der Waals surface area (Å²) in [6.07, 6.45) is 0. The van der Waals surface area contributed by atoms with Gasteiger partial charge in [-0.2, -0.15) is 0 Å². The van der Waals surface area contributed by atoms with Crippen molar-refractivity contribution in [2.24, 2.45) is 5.92 Å². The van der Waals surface area contributed by atoms with E-state index in [1.165, 1.54) is 13.2 Å². The zero-order valence-corrected chi connectivity index (χ0v) is 16.1. The second-order valence-electron chi connectivity index (χ2n) is 6.97. The molecule has 0 aliphatic carbocycles. The zero-order valence-electron chi connectivity index (χ0n) is 16.1. The minimum Gasteiger partial charge on any atom is -0.494 e. The van der Waals surface area contributed by atoms with Crippen molar-refractivity contribution in [1.82, 2.24) is 15.1 Å². The highest BCUT2D eigenvalue weighted by Crippen LogP contribution is 2.18. The van der Waals surface area contributed by atoms with E-state index in [0.29, 0.717) is 19.0 Å². The third-order valence-electron chi connectivity index (χ3n) is 4.73. The van der Waals surface area contributed by atoms with Crippen LogP contribution in [0.4, 0.5) is 9.18 Å². The second-order valence-corrected chi connectivity index (χ2v) is 6.97. The molecule has 2 rings (SSSR count). The van der Waals surface area contributed by atoms with Gasteiger partial charge in [0.25, 0.3) is 0 Å². The first-order chi connectivity index (χ1) is 12.4. The van der Waals surface area contributed by atoms with E-state index in [4.69, 9.17) is 9.47 Å². The minimum atomic E-state index is -0.425. The first-order valence-electron chi connectivity index (χ1n) is 9.05. The lowest BCUT2D eigenvalue weighted by molar-refractivity contribution is 0.00697. The summed E-state index contributed by atoms with van der Waals surface area (Å²) in [5, 5.41) is 3.00. The molecule has 1 N–H and O–H groups in total. The summed E-state index contributed by atoms with van der Waals surface area (Å²) in [6, 6.07) is 4.84. The van der Waals surface area contributed by atoms with Gasteiger partial charge >= 0.3 is 6.03 Å². The Labute approximate surface area is 155 Å². The number of carbonyl (C=O) groups is 1. The van der Waals surface area contributed by atoms with Crippen molar-refractivity contribution in [2.45, 2.75) is 26.4 Å². The molecule has 2 amide bonds. The molecule has 1 aliphatic heterocycles. The molecule has 1 aromatic rings. The fourth-order valence-electron chi connectivity index (χ4n) is 3.18. The predicted octanol–water partition coefficient (Wildman–Crippen LogP) is 2.33. The normalized spacial score (nSPS) is 16.4. The fourth-order valence-corrected chi connectivity index (χ4v) is 3.18. The Morgan fingerprint density at radius 2 is 2.08 bits per heavy atom. The predicted molar refractivity (Wildman–Crippen MR) is 98.8 cm³/mol. The molecule has 1 saturated heterocycles. The molecule has 0 aromatic heterocycles.